The Balaban J connectivity index is 1.84. The summed E-state index contributed by atoms with van der Waals surface area (Å²) in [7, 11) is 0. The highest BCUT2D eigenvalue weighted by Crippen LogP contribution is 2.10. The van der Waals surface area contributed by atoms with Gasteiger partial charge >= 0.3 is 5.97 Å². The fourth-order valence-electron chi connectivity index (χ4n) is 2.55. The van der Waals surface area contributed by atoms with Gasteiger partial charge in [0.25, 0.3) is 5.91 Å². The lowest BCUT2D eigenvalue weighted by Gasteiger charge is -2.16. The third-order valence-electron chi connectivity index (χ3n) is 3.94. The molecule has 0 aliphatic rings. The molecule has 0 radical (unpaired) electrons. The summed E-state index contributed by atoms with van der Waals surface area (Å²) in [5, 5.41) is 5.25. The number of hydrogen-bond acceptors (Lipinski definition) is 4. The largest absolute Gasteiger partial charge is 0.466 e. The fraction of sp³-hybridized carbons (Fsp3) is 0.286. The molecule has 0 fully saturated rings. The van der Waals surface area contributed by atoms with Crippen LogP contribution in [0, 0.1) is 5.92 Å². The molecule has 2 aromatic carbocycles. The Bertz CT molecular complexity index is 747. The summed E-state index contributed by atoms with van der Waals surface area (Å²) >= 11 is 0. The van der Waals surface area contributed by atoms with Crippen molar-refractivity contribution in [3.8, 4) is 0 Å². The van der Waals surface area contributed by atoms with Crippen molar-refractivity contribution in [1.82, 2.24) is 10.6 Å². The Labute approximate surface area is 158 Å². The van der Waals surface area contributed by atoms with E-state index in [2.05, 4.69) is 10.6 Å². The fourth-order valence-corrected chi connectivity index (χ4v) is 2.55. The van der Waals surface area contributed by atoms with Gasteiger partial charge in [0.15, 0.2) is 0 Å². The molecule has 0 aliphatic heterocycles. The second kappa shape index (κ2) is 10.8. The van der Waals surface area contributed by atoms with E-state index in [0.717, 1.165) is 5.56 Å². The molecule has 0 spiro atoms. The van der Waals surface area contributed by atoms with Crippen LogP contribution in [0.3, 0.4) is 0 Å². The summed E-state index contributed by atoms with van der Waals surface area (Å²) < 4.78 is 5.10. The molecule has 6 nitrogen and oxygen atoms in total. The van der Waals surface area contributed by atoms with Crippen molar-refractivity contribution in [3.05, 3.63) is 71.8 Å². The molecule has 2 aromatic rings. The Morgan fingerprint density at radius 1 is 0.926 bits per heavy atom. The number of ether oxygens (including phenoxy) is 1. The van der Waals surface area contributed by atoms with Crippen LogP contribution in [0.2, 0.25) is 0 Å². The summed E-state index contributed by atoms with van der Waals surface area (Å²) in [6.07, 6.45) is 0.469. The molecule has 0 heterocycles. The van der Waals surface area contributed by atoms with Gasteiger partial charge in [-0.05, 0) is 31.0 Å². The molecular formula is C21H24N2O4. The van der Waals surface area contributed by atoms with E-state index in [1.54, 1.807) is 31.2 Å². The molecule has 142 valence electrons. The first-order valence-electron chi connectivity index (χ1n) is 8.90. The molecule has 2 amide bonds. The number of carbonyl (C=O) groups is 3. The maximum atomic E-state index is 12.2. The van der Waals surface area contributed by atoms with E-state index >= 15 is 0 Å². The predicted octanol–water partition coefficient (Wildman–Crippen LogP) is 1.95. The van der Waals surface area contributed by atoms with Gasteiger partial charge in [-0.2, -0.15) is 0 Å². The summed E-state index contributed by atoms with van der Waals surface area (Å²) in [6.45, 7) is 2.02. The van der Waals surface area contributed by atoms with Gasteiger partial charge in [-0.3, -0.25) is 14.4 Å². The number of amides is 2. The first-order chi connectivity index (χ1) is 13.1. The highest BCUT2D eigenvalue weighted by Gasteiger charge is 2.21. The Morgan fingerprint density at radius 2 is 1.56 bits per heavy atom. The first-order valence-corrected chi connectivity index (χ1v) is 8.90. The molecule has 2 N–H and O–H groups in total. The maximum absolute atomic E-state index is 12.2. The number of benzene rings is 2. The number of rotatable bonds is 9. The Kier molecular flexibility index (Phi) is 8.03. The van der Waals surface area contributed by atoms with Gasteiger partial charge in [-0.15, -0.1) is 0 Å². The predicted molar refractivity (Wildman–Crippen MR) is 102 cm³/mol. The third kappa shape index (κ3) is 6.93. The van der Waals surface area contributed by atoms with E-state index < -0.39 is 5.92 Å². The molecule has 0 aromatic heterocycles. The lowest BCUT2D eigenvalue weighted by Crippen LogP contribution is -2.41. The van der Waals surface area contributed by atoms with Gasteiger partial charge in [-0.25, -0.2) is 0 Å². The molecule has 6 heteroatoms. The van der Waals surface area contributed by atoms with Crippen LogP contribution in [0.5, 0.6) is 0 Å². The van der Waals surface area contributed by atoms with Crippen molar-refractivity contribution >= 4 is 17.8 Å². The number of hydrogen-bond donors (Lipinski definition) is 2. The highest BCUT2D eigenvalue weighted by molar-refractivity contribution is 5.96. The first kappa shape index (κ1) is 20.2. The SMILES string of the molecule is CCOC(=O)C(CNC(=O)CNC(=O)c1ccccc1)Cc1ccccc1. The van der Waals surface area contributed by atoms with Crippen molar-refractivity contribution in [2.75, 3.05) is 19.7 Å². The maximum Gasteiger partial charge on any atom is 0.311 e. The monoisotopic (exact) mass is 368 g/mol. The summed E-state index contributed by atoms with van der Waals surface area (Å²) in [4.78, 5) is 36.2. The van der Waals surface area contributed by atoms with Crippen molar-refractivity contribution in [2.45, 2.75) is 13.3 Å². The zero-order valence-corrected chi connectivity index (χ0v) is 15.3. The normalized spacial score (nSPS) is 11.3. The lowest BCUT2D eigenvalue weighted by molar-refractivity contribution is -0.147. The highest BCUT2D eigenvalue weighted by atomic mass is 16.5. The zero-order valence-electron chi connectivity index (χ0n) is 15.3. The number of esters is 1. The smallest absolute Gasteiger partial charge is 0.311 e. The minimum Gasteiger partial charge on any atom is -0.466 e. The standard InChI is InChI=1S/C21H24N2O4/c1-2-27-21(26)18(13-16-9-5-3-6-10-16)14-22-19(24)15-23-20(25)17-11-7-4-8-12-17/h3-12,18H,2,13-15H2,1H3,(H,22,24)(H,23,25). The summed E-state index contributed by atoms with van der Waals surface area (Å²) in [5.41, 5.74) is 1.47. The van der Waals surface area contributed by atoms with Crippen LogP contribution in [-0.2, 0) is 20.7 Å². The van der Waals surface area contributed by atoms with Gasteiger partial charge in [0.05, 0.1) is 19.1 Å². The van der Waals surface area contributed by atoms with Crippen molar-refractivity contribution in [2.24, 2.45) is 5.92 Å². The van der Waals surface area contributed by atoms with E-state index in [-0.39, 0.29) is 37.5 Å². The lowest BCUT2D eigenvalue weighted by atomic mass is 9.99. The quantitative estimate of drug-likeness (QED) is 0.663. The third-order valence-corrected chi connectivity index (χ3v) is 3.94. The minimum atomic E-state index is -0.485. The second-order valence-electron chi connectivity index (χ2n) is 5.99. The average molecular weight is 368 g/mol. The molecule has 0 bridgehead atoms. The van der Waals surface area contributed by atoms with E-state index in [0.29, 0.717) is 12.0 Å². The number of carbonyl (C=O) groups excluding carboxylic acids is 3. The van der Waals surface area contributed by atoms with Crippen LogP contribution < -0.4 is 10.6 Å². The average Bonchev–Trinajstić information content (AvgIpc) is 2.70. The molecule has 1 unspecified atom stereocenters. The minimum absolute atomic E-state index is 0.147. The van der Waals surface area contributed by atoms with Crippen LogP contribution in [0.4, 0.5) is 0 Å². The van der Waals surface area contributed by atoms with Gasteiger partial charge < -0.3 is 15.4 Å². The van der Waals surface area contributed by atoms with Crippen LogP contribution in [0.1, 0.15) is 22.8 Å². The van der Waals surface area contributed by atoms with Crippen molar-refractivity contribution in [1.29, 1.82) is 0 Å². The molecular weight excluding hydrogens is 344 g/mol. The Morgan fingerprint density at radius 3 is 2.19 bits per heavy atom. The van der Waals surface area contributed by atoms with Gasteiger partial charge in [0.1, 0.15) is 0 Å². The second-order valence-corrected chi connectivity index (χ2v) is 5.99. The molecule has 0 saturated carbocycles. The molecule has 1 atom stereocenters. The summed E-state index contributed by atoms with van der Waals surface area (Å²) in [6, 6.07) is 18.2. The summed E-state index contributed by atoms with van der Waals surface area (Å²) in [5.74, 6) is -1.52. The van der Waals surface area contributed by atoms with E-state index in [4.69, 9.17) is 4.74 Å². The van der Waals surface area contributed by atoms with Crippen LogP contribution in [0.15, 0.2) is 60.7 Å². The van der Waals surface area contributed by atoms with Gasteiger partial charge in [0.2, 0.25) is 5.91 Å². The Hall–Kier alpha value is -3.15. The van der Waals surface area contributed by atoms with Gasteiger partial charge in [-0.1, -0.05) is 48.5 Å². The van der Waals surface area contributed by atoms with E-state index in [9.17, 15) is 14.4 Å². The van der Waals surface area contributed by atoms with Crippen LogP contribution in [-0.4, -0.2) is 37.5 Å². The van der Waals surface area contributed by atoms with Gasteiger partial charge in [0, 0.05) is 12.1 Å². The number of nitrogens with one attached hydrogen (secondary N) is 2. The van der Waals surface area contributed by atoms with Crippen LogP contribution in [0.25, 0.3) is 0 Å². The molecule has 0 aliphatic carbocycles. The molecule has 2 rings (SSSR count). The van der Waals surface area contributed by atoms with Crippen LogP contribution >= 0.6 is 0 Å². The topological polar surface area (TPSA) is 84.5 Å². The molecule has 0 saturated heterocycles. The van der Waals surface area contributed by atoms with E-state index in [1.165, 1.54) is 0 Å². The van der Waals surface area contributed by atoms with E-state index in [1.807, 2.05) is 36.4 Å². The van der Waals surface area contributed by atoms with Crippen molar-refractivity contribution in [3.63, 3.8) is 0 Å². The van der Waals surface area contributed by atoms with Crippen molar-refractivity contribution < 1.29 is 19.1 Å². The molecule has 27 heavy (non-hydrogen) atoms. The zero-order chi connectivity index (χ0) is 19.5.